The van der Waals surface area contributed by atoms with Crippen molar-refractivity contribution in [1.29, 1.82) is 0 Å². The minimum Gasteiger partial charge on any atom is -0.381 e. The Bertz CT molecular complexity index is 244. The number of hydrogen-bond donors (Lipinski definition) is 0. The van der Waals surface area contributed by atoms with E-state index in [0.717, 1.165) is 31.1 Å². The van der Waals surface area contributed by atoms with Crippen LogP contribution < -0.4 is 4.90 Å². The Labute approximate surface area is 81.7 Å². The second-order valence-electron chi connectivity index (χ2n) is 3.15. The van der Waals surface area contributed by atoms with E-state index in [2.05, 4.69) is 14.3 Å². The first kappa shape index (κ1) is 8.90. The molecule has 1 aromatic heterocycles. The molecule has 0 atom stereocenters. The summed E-state index contributed by atoms with van der Waals surface area (Å²) in [5, 5.41) is 1.04. The van der Waals surface area contributed by atoms with Gasteiger partial charge in [0.2, 0.25) is 5.13 Å². The van der Waals surface area contributed by atoms with E-state index in [9.17, 15) is 0 Å². The van der Waals surface area contributed by atoms with Crippen molar-refractivity contribution in [2.75, 3.05) is 25.1 Å². The Morgan fingerprint density at radius 3 is 2.85 bits per heavy atom. The fraction of sp³-hybridized carbons (Fsp3) is 0.750. The van der Waals surface area contributed by atoms with Gasteiger partial charge in [-0.05, 0) is 12.8 Å². The average Bonchev–Trinajstić information content (AvgIpc) is 2.71. The highest BCUT2D eigenvalue weighted by molar-refractivity contribution is 7.09. The van der Waals surface area contributed by atoms with Crippen LogP contribution in [0.2, 0.25) is 0 Å². The van der Waals surface area contributed by atoms with Crippen LogP contribution in [0.5, 0.6) is 0 Å². The molecule has 0 aliphatic carbocycles. The quantitative estimate of drug-likeness (QED) is 0.716. The molecule has 13 heavy (non-hydrogen) atoms. The predicted octanol–water partition coefficient (Wildman–Crippen LogP) is 1.15. The second kappa shape index (κ2) is 4.02. The summed E-state index contributed by atoms with van der Waals surface area (Å²) in [7, 11) is 1.78. The monoisotopic (exact) mass is 199 g/mol. The second-order valence-corrected chi connectivity index (χ2v) is 3.90. The molecule has 72 valence electrons. The van der Waals surface area contributed by atoms with E-state index >= 15 is 0 Å². The van der Waals surface area contributed by atoms with E-state index in [-0.39, 0.29) is 0 Å². The first-order chi connectivity index (χ1) is 6.40. The van der Waals surface area contributed by atoms with Crippen molar-refractivity contribution in [3.05, 3.63) is 6.33 Å². The maximum atomic E-state index is 5.30. The van der Waals surface area contributed by atoms with Crippen LogP contribution in [0.1, 0.15) is 12.8 Å². The highest BCUT2D eigenvalue weighted by Crippen LogP contribution is 2.21. The summed E-state index contributed by atoms with van der Waals surface area (Å²) in [5.41, 5.74) is 0. The number of rotatable bonds is 2. The van der Waals surface area contributed by atoms with E-state index < -0.39 is 0 Å². The molecule has 0 radical (unpaired) electrons. The Balaban J connectivity index is 1.92. The molecular formula is C8H13N3OS. The van der Waals surface area contributed by atoms with Gasteiger partial charge in [-0.1, -0.05) is 0 Å². The number of nitrogens with zero attached hydrogens (tertiary/aromatic N) is 3. The molecule has 0 amide bonds. The lowest BCUT2D eigenvalue weighted by molar-refractivity contribution is 0.0819. The van der Waals surface area contributed by atoms with Crippen LogP contribution in [-0.2, 0) is 4.74 Å². The summed E-state index contributed by atoms with van der Waals surface area (Å²) in [6, 6.07) is 0. The van der Waals surface area contributed by atoms with Gasteiger partial charge >= 0.3 is 0 Å². The lowest BCUT2D eigenvalue weighted by Gasteiger charge is -2.30. The standard InChI is InChI=1S/C8H13N3OS/c1-12-7-2-4-11(5-3-7)8-9-6-10-13-8/h6-7H,2-5H2,1H3. The number of ether oxygens (including phenoxy) is 1. The molecule has 1 aliphatic rings. The van der Waals surface area contributed by atoms with Gasteiger partial charge in [0.25, 0.3) is 0 Å². The fourth-order valence-electron chi connectivity index (χ4n) is 1.59. The zero-order valence-electron chi connectivity index (χ0n) is 7.64. The molecule has 4 nitrogen and oxygen atoms in total. The molecule has 2 heterocycles. The Morgan fingerprint density at radius 2 is 2.31 bits per heavy atom. The van der Waals surface area contributed by atoms with Gasteiger partial charge in [0.05, 0.1) is 6.10 Å². The van der Waals surface area contributed by atoms with Gasteiger partial charge in [0.15, 0.2) is 0 Å². The van der Waals surface area contributed by atoms with Crippen molar-refractivity contribution in [2.24, 2.45) is 0 Å². The van der Waals surface area contributed by atoms with Gasteiger partial charge < -0.3 is 9.64 Å². The molecule has 0 N–H and O–H groups in total. The Morgan fingerprint density at radius 1 is 1.54 bits per heavy atom. The van der Waals surface area contributed by atoms with Crippen LogP contribution >= 0.6 is 11.5 Å². The lowest BCUT2D eigenvalue weighted by atomic mass is 10.1. The van der Waals surface area contributed by atoms with Crippen LogP contribution in [0.3, 0.4) is 0 Å². The molecule has 0 bridgehead atoms. The van der Waals surface area contributed by atoms with Gasteiger partial charge in [-0.15, -0.1) is 0 Å². The molecule has 5 heteroatoms. The number of methoxy groups -OCH3 is 1. The van der Waals surface area contributed by atoms with Crippen LogP contribution in [0.25, 0.3) is 0 Å². The minimum atomic E-state index is 0.434. The molecule has 0 spiro atoms. The first-order valence-electron chi connectivity index (χ1n) is 4.44. The molecule has 0 unspecified atom stereocenters. The number of hydrogen-bond acceptors (Lipinski definition) is 5. The van der Waals surface area contributed by atoms with Gasteiger partial charge in [-0.3, -0.25) is 0 Å². The molecule has 0 aromatic carbocycles. The SMILES string of the molecule is COC1CCN(c2ncns2)CC1. The highest BCUT2D eigenvalue weighted by Gasteiger charge is 2.20. The maximum Gasteiger partial charge on any atom is 0.204 e. The van der Waals surface area contributed by atoms with Crippen molar-refractivity contribution in [3.8, 4) is 0 Å². The van der Waals surface area contributed by atoms with E-state index in [4.69, 9.17) is 4.74 Å². The Kier molecular flexibility index (Phi) is 2.75. The summed E-state index contributed by atoms with van der Waals surface area (Å²) < 4.78 is 9.29. The topological polar surface area (TPSA) is 38.2 Å². The molecule has 0 saturated carbocycles. The van der Waals surface area contributed by atoms with Crippen LogP contribution in [0.4, 0.5) is 5.13 Å². The average molecular weight is 199 g/mol. The zero-order valence-corrected chi connectivity index (χ0v) is 8.46. The molecule has 1 saturated heterocycles. The van der Waals surface area contributed by atoms with Crippen LogP contribution in [0.15, 0.2) is 6.33 Å². The van der Waals surface area contributed by atoms with E-state index in [1.165, 1.54) is 11.5 Å². The van der Waals surface area contributed by atoms with Crippen molar-refractivity contribution in [1.82, 2.24) is 9.36 Å². The first-order valence-corrected chi connectivity index (χ1v) is 5.22. The summed E-state index contributed by atoms with van der Waals surface area (Å²) in [6.07, 6.45) is 4.23. The number of anilines is 1. The fourth-order valence-corrected chi connectivity index (χ4v) is 2.17. The minimum absolute atomic E-state index is 0.434. The summed E-state index contributed by atoms with van der Waals surface area (Å²) in [6.45, 7) is 2.07. The summed E-state index contributed by atoms with van der Waals surface area (Å²) in [4.78, 5) is 6.45. The predicted molar refractivity (Wildman–Crippen MR) is 52.2 cm³/mol. The smallest absolute Gasteiger partial charge is 0.204 e. The Hall–Kier alpha value is -0.680. The normalized spacial score (nSPS) is 19.3. The largest absolute Gasteiger partial charge is 0.381 e. The molecule has 2 rings (SSSR count). The van der Waals surface area contributed by atoms with Gasteiger partial charge in [0.1, 0.15) is 6.33 Å². The highest BCUT2D eigenvalue weighted by atomic mass is 32.1. The van der Waals surface area contributed by atoms with E-state index in [0.29, 0.717) is 6.10 Å². The molecule has 1 fully saturated rings. The maximum absolute atomic E-state index is 5.30. The third kappa shape index (κ3) is 1.97. The summed E-state index contributed by atoms with van der Waals surface area (Å²) in [5.74, 6) is 0. The number of piperidine rings is 1. The molecular weight excluding hydrogens is 186 g/mol. The van der Waals surface area contributed by atoms with Crippen LogP contribution in [-0.4, -0.2) is 35.7 Å². The number of aromatic nitrogens is 2. The van der Waals surface area contributed by atoms with Crippen molar-refractivity contribution >= 4 is 16.7 Å². The van der Waals surface area contributed by atoms with Gasteiger partial charge in [0, 0.05) is 31.7 Å². The van der Waals surface area contributed by atoms with Crippen LogP contribution in [0, 0.1) is 0 Å². The van der Waals surface area contributed by atoms with Gasteiger partial charge in [-0.2, -0.15) is 4.37 Å². The van der Waals surface area contributed by atoms with Crippen molar-refractivity contribution < 1.29 is 4.74 Å². The third-order valence-corrected chi connectivity index (χ3v) is 3.12. The van der Waals surface area contributed by atoms with Gasteiger partial charge in [-0.25, -0.2) is 4.98 Å². The van der Waals surface area contributed by atoms with E-state index in [1.54, 1.807) is 13.4 Å². The van der Waals surface area contributed by atoms with Crippen molar-refractivity contribution in [3.63, 3.8) is 0 Å². The third-order valence-electron chi connectivity index (χ3n) is 2.40. The molecule has 1 aromatic rings. The zero-order chi connectivity index (χ0) is 9.10. The van der Waals surface area contributed by atoms with Crippen molar-refractivity contribution in [2.45, 2.75) is 18.9 Å². The lowest BCUT2D eigenvalue weighted by Crippen LogP contribution is -2.36. The molecule has 1 aliphatic heterocycles. The summed E-state index contributed by atoms with van der Waals surface area (Å²) >= 11 is 1.46. The van der Waals surface area contributed by atoms with E-state index in [1.807, 2.05) is 0 Å².